The molecule has 0 saturated heterocycles. The van der Waals surface area contributed by atoms with Crippen LogP contribution in [0.25, 0.3) is 0 Å². The van der Waals surface area contributed by atoms with Gasteiger partial charge in [0.1, 0.15) is 12.7 Å². The number of unbranched alkanes of at least 4 members (excludes halogenated alkanes) is 1. The van der Waals surface area contributed by atoms with Crippen LogP contribution in [0.2, 0.25) is 0 Å². The van der Waals surface area contributed by atoms with E-state index in [1.807, 2.05) is 22.8 Å². The van der Waals surface area contributed by atoms with Gasteiger partial charge in [0, 0.05) is 19.6 Å². The first-order valence-corrected chi connectivity index (χ1v) is 7.77. The monoisotopic (exact) mass is 428 g/mol. The van der Waals surface area contributed by atoms with Gasteiger partial charge in [-0.25, -0.2) is 4.99 Å². The van der Waals surface area contributed by atoms with Crippen molar-refractivity contribution in [2.45, 2.75) is 32.9 Å². The molecule has 2 N–H and O–H groups in total. The van der Waals surface area contributed by atoms with E-state index in [4.69, 9.17) is 0 Å². The Labute approximate surface area is 154 Å². The summed E-state index contributed by atoms with van der Waals surface area (Å²) in [5.41, 5.74) is 1.22. The lowest BCUT2D eigenvalue weighted by atomic mass is 10.2. The maximum Gasteiger partial charge on any atom is 0.191 e. The normalized spacial score (nSPS) is 10.9. The molecule has 0 atom stereocenters. The second-order valence-corrected chi connectivity index (χ2v) is 5.01. The van der Waals surface area contributed by atoms with Crippen molar-refractivity contribution in [1.82, 2.24) is 25.4 Å². The lowest BCUT2D eigenvalue weighted by molar-refractivity contribution is 0.598. The van der Waals surface area contributed by atoms with Crippen LogP contribution in [0, 0.1) is 0 Å². The molecular formula is C16H25IN6. The third kappa shape index (κ3) is 7.96. The van der Waals surface area contributed by atoms with Crippen LogP contribution in [0.3, 0.4) is 0 Å². The van der Waals surface area contributed by atoms with E-state index in [-0.39, 0.29) is 24.0 Å². The van der Waals surface area contributed by atoms with Crippen molar-refractivity contribution in [3.63, 3.8) is 0 Å². The fourth-order valence-electron chi connectivity index (χ4n) is 2.06. The minimum absolute atomic E-state index is 0. The zero-order valence-electron chi connectivity index (χ0n) is 13.5. The summed E-state index contributed by atoms with van der Waals surface area (Å²) in [7, 11) is 0. The van der Waals surface area contributed by atoms with Crippen LogP contribution in [-0.4, -0.2) is 33.8 Å². The molecule has 0 aliphatic heterocycles. The fraction of sp³-hybridized carbons (Fsp3) is 0.438. The molecule has 126 valence electrons. The average molecular weight is 428 g/mol. The predicted octanol–water partition coefficient (Wildman–Crippen LogP) is 2.43. The van der Waals surface area contributed by atoms with Gasteiger partial charge in [0.15, 0.2) is 5.96 Å². The third-order valence-electron chi connectivity index (χ3n) is 3.21. The van der Waals surface area contributed by atoms with E-state index in [0.29, 0.717) is 6.54 Å². The van der Waals surface area contributed by atoms with Gasteiger partial charge in [0.25, 0.3) is 0 Å². The quantitative estimate of drug-likeness (QED) is 0.293. The number of aliphatic imine (C=N–C) groups is 1. The number of nitrogens with zero attached hydrogens (tertiary/aromatic N) is 4. The van der Waals surface area contributed by atoms with Gasteiger partial charge in [-0.1, -0.05) is 30.3 Å². The molecule has 2 aromatic rings. The van der Waals surface area contributed by atoms with Crippen LogP contribution in [0.1, 0.15) is 25.3 Å². The second-order valence-electron chi connectivity index (χ2n) is 5.01. The Morgan fingerprint density at radius 1 is 1.09 bits per heavy atom. The van der Waals surface area contributed by atoms with Crippen LogP contribution >= 0.6 is 24.0 Å². The summed E-state index contributed by atoms with van der Waals surface area (Å²) in [6.07, 6.45) is 5.66. The van der Waals surface area contributed by atoms with Gasteiger partial charge in [-0.05, 0) is 25.3 Å². The molecule has 0 amide bonds. The summed E-state index contributed by atoms with van der Waals surface area (Å²) in [6.45, 7) is 5.49. The van der Waals surface area contributed by atoms with Gasteiger partial charge < -0.3 is 15.2 Å². The number of halogens is 1. The summed E-state index contributed by atoms with van der Waals surface area (Å²) in [6, 6.07) is 10.3. The van der Waals surface area contributed by atoms with Crippen LogP contribution in [0.4, 0.5) is 0 Å². The first-order chi connectivity index (χ1) is 10.9. The molecule has 0 bridgehead atoms. The SMILES string of the molecule is CCNC(=NCc1ccccc1)NCCCCn1cnnc1.I. The lowest BCUT2D eigenvalue weighted by Crippen LogP contribution is -2.37. The molecule has 6 nitrogen and oxygen atoms in total. The van der Waals surface area contributed by atoms with E-state index in [0.717, 1.165) is 38.4 Å². The van der Waals surface area contributed by atoms with Gasteiger partial charge in [-0.15, -0.1) is 34.2 Å². The second kappa shape index (κ2) is 11.9. The van der Waals surface area contributed by atoms with Crippen LogP contribution in [-0.2, 0) is 13.1 Å². The predicted molar refractivity (Wildman–Crippen MR) is 104 cm³/mol. The van der Waals surface area contributed by atoms with Gasteiger partial charge in [0.2, 0.25) is 0 Å². The Balaban J connectivity index is 0.00000264. The molecule has 1 heterocycles. The number of hydrogen-bond acceptors (Lipinski definition) is 3. The number of nitrogens with one attached hydrogen (secondary N) is 2. The summed E-state index contributed by atoms with van der Waals surface area (Å²) < 4.78 is 1.99. The molecule has 1 aromatic carbocycles. The van der Waals surface area contributed by atoms with Crippen LogP contribution < -0.4 is 10.6 Å². The van der Waals surface area contributed by atoms with Crippen molar-refractivity contribution >= 4 is 29.9 Å². The molecule has 0 radical (unpaired) electrons. The summed E-state index contributed by atoms with van der Waals surface area (Å²) >= 11 is 0. The van der Waals surface area contributed by atoms with Crippen molar-refractivity contribution in [2.75, 3.05) is 13.1 Å². The average Bonchev–Trinajstić information content (AvgIpc) is 3.06. The van der Waals surface area contributed by atoms with E-state index in [1.165, 1.54) is 5.56 Å². The number of aromatic nitrogens is 3. The molecule has 0 aliphatic carbocycles. The standard InChI is InChI=1S/C16H24N6.HI/c1-2-17-16(19-12-15-8-4-3-5-9-15)18-10-6-7-11-22-13-20-21-14-22;/h3-5,8-9,13-14H,2,6-7,10-12H2,1H3,(H2,17,18,19);1H. The highest BCUT2D eigenvalue weighted by Gasteiger charge is 1.97. The van der Waals surface area contributed by atoms with Crippen molar-refractivity contribution in [3.05, 3.63) is 48.5 Å². The number of rotatable bonds is 8. The first kappa shape index (κ1) is 19.4. The number of guanidine groups is 1. The van der Waals surface area contributed by atoms with Gasteiger partial charge in [-0.3, -0.25) is 0 Å². The highest BCUT2D eigenvalue weighted by molar-refractivity contribution is 14.0. The van der Waals surface area contributed by atoms with Crippen molar-refractivity contribution in [1.29, 1.82) is 0 Å². The summed E-state index contributed by atoms with van der Waals surface area (Å²) in [5.74, 6) is 0.871. The van der Waals surface area contributed by atoms with Crippen LogP contribution in [0.15, 0.2) is 48.0 Å². The zero-order valence-corrected chi connectivity index (χ0v) is 15.8. The number of hydrogen-bond donors (Lipinski definition) is 2. The Morgan fingerprint density at radius 3 is 2.52 bits per heavy atom. The first-order valence-electron chi connectivity index (χ1n) is 7.77. The van der Waals surface area contributed by atoms with E-state index in [2.05, 4.69) is 44.9 Å². The minimum atomic E-state index is 0. The van der Waals surface area contributed by atoms with E-state index in [9.17, 15) is 0 Å². The summed E-state index contributed by atoms with van der Waals surface area (Å²) in [4.78, 5) is 4.60. The molecule has 7 heteroatoms. The Bertz CT molecular complexity index is 541. The topological polar surface area (TPSA) is 67.1 Å². The number of benzene rings is 1. The largest absolute Gasteiger partial charge is 0.357 e. The van der Waals surface area contributed by atoms with Gasteiger partial charge >= 0.3 is 0 Å². The summed E-state index contributed by atoms with van der Waals surface area (Å²) in [5, 5.41) is 14.2. The molecular weight excluding hydrogens is 403 g/mol. The fourth-order valence-corrected chi connectivity index (χ4v) is 2.06. The Morgan fingerprint density at radius 2 is 1.83 bits per heavy atom. The third-order valence-corrected chi connectivity index (χ3v) is 3.21. The molecule has 0 fully saturated rings. The Kier molecular flexibility index (Phi) is 10.0. The lowest BCUT2D eigenvalue weighted by Gasteiger charge is -2.11. The van der Waals surface area contributed by atoms with Gasteiger partial charge in [0.05, 0.1) is 6.54 Å². The van der Waals surface area contributed by atoms with E-state index in [1.54, 1.807) is 12.7 Å². The molecule has 0 aliphatic rings. The molecule has 0 saturated carbocycles. The van der Waals surface area contributed by atoms with Gasteiger partial charge in [-0.2, -0.15) is 0 Å². The smallest absolute Gasteiger partial charge is 0.191 e. The highest BCUT2D eigenvalue weighted by atomic mass is 127. The van der Waals surface area contributed by atoms with Crippen LogP contribution in [0.5, 0.6) is 0 Å². The highest BCUT2D eigenvalue weighted by Crippen LogP contribution is 2.00. The minimum Gasteiger partial charge on any atom is -0.357 e. The van der Waals surface area contributed by atoms with E-state index >= 15 is 0 Å². The molecule has 23 heavy (non-hydrogen) atoms. The van der Waals surface area contributed by atoms with Crippen molar-refractivity contribution in [2.24, 2.45) is 4.99 Å². The Hall–Kier alpha value is -1.64. The van der Waals surface area contributed by atoms with Crippen molar-refractivity contribution in [3.8, 4) is 0 Å². The van der Waals surface area contributed by atoms with Crippen molar-refractivity contribution < 1.29 is 0 Å². The molecule has 2 rings (SSSR count). The molecule has 0 unspecified atom stereocenters. The maximum atomic E-state index is 4.60. The maximum absolute atomic E-state index is 4.60. The molecule has 1 aromatic heterocycles. The number of aryl methyl sites for hydroxylation is 1. The van der Waals surface area contributed by atoms with E-state index < -0.39 is 0 Å². The molecule has 0 spiro atoms. The zero-order chi connectivity index (χ0) is 15.5.